The third-order valence-corrected chi connectivity index (χ3v) is 3.89. The zero-order valence-electron chi connectivity index (χ0n) is 10.3. The number of pyridine rings is 1. The highest BCUT2D eigenvalue weighted by Gasteiger charge is 2.40. The van der Waals surface area contributed by atoms with Crippen LogP contribution in [0.4, 0.5) is 0 Å². The van der Waals surface area contributed by atoms with Gasteiger partial charge >= 0.3 is 0 Å². The van der Waals surface area contributed by atoms with Gasteiger partial charge in [0.1, 0.15) is 0 Å². The molecule has 0 aromatic carbocycles. The largest absolute Gasteiger partial charge is 0.376 e. The van der Waals surface area contributed by atoms with E-state index in [0.29, 0.717) is 18.2 Å². The van der Waals surface area contributed by atoms with Gasteiger partial charge in [0.25, 0.3) is 0 Å². The lowest BCUT2D eigenvalue weighted by Crippen LogP contribution is -2.39. The lowest BCUT2D eigenvalue weighted by Gasteiger charge is -2.24. The van der Waals surface area contributed by atoms with Crippen molar-refractivity contribution in [1.29, 1.82) is 0 Å². The molecule has 1 aliphatic heterocycles. The fraction of sp³-hybridized carbons (Fsp3) is 0.643. The Morgan fingerprint density at radius 2 is 2.06 bits per heavy atom. The highest BCUT2D eigenvalue weighted by molar-refractivity contribution is 5.14. The van der Waals surface area contributed by atoms with Crippen LogP contribution in [0.15, 0.2) is 24.5 Å². The topological polar surface area (TPSA) is 34.1 Å². The standard InChI is InChI=1S/C14H20N2O/c1-10(11-4-7-15-8-5-11)16-13-6-9-17-14(13)12-2-3-12/h4-5,7-8,10,12-14,16H,2-3,6,9H2,1H3. The van der Waals surface area contributed by atoms with Crippen LogP contribution in [0.2, 0.25) is 0 Å². The second-order valence-electron chi connectivity index (χ2n) is 5.24. The minimum absolute atomic E-state index is 0.381. The predicted molar refractivity (Wildman–Crippen MR) is 66.7 cm³/mol. The maximum atomic E-state index is 5.85. The van der Waals surface area contributed by atoms with Crippen molar-refractivity contribution < 1.29 is 4.74 Å². The van der Waals surface area contributed by atoms with Crippen molar-refractivity contribution in [3.05, 3.63) is 30.1 Å². The second kappa shape index (κ2) is 4.75. The number of hydrogen-bond acceptors (Lipinski definition) is 3. The Bertz CT molecular complexity index is 364. The average Bonchev–Trinajstić information content (AvgIpc) is 3.11. The molecule has 1 aromatic heterocycles. The van der Waals surface area contributed by atoms with Gasteiger partial charge in [-0.3, -0.25) is 4.98 Å². The highest BCUT2D eigenvalue weighted by atomic mass is 16.5. The van der Waals surface area contributed by atoms with Gasteiger partial charge in [-0.1, -0.05) is 0 Å². The first-order valence-corrected chi connectivity index (χ1v) is 6.62. The van der Waals surface area contributed by atoms with Crippen LogP contribution in [0.5, 0.6) is 0 Å². The number of hydrogen-bond donors (Lipinski definition) is 1. The van der Waals surface area contributed by atoms with Gasteiger partial charge in [0, 0.05) is 31.1 Å². The molecular formula is C14H20N2O. The summed E-state index contributed by atoms with van der Waals surface area (Å²) in [5, 5.41) is 3.71. The van der Waals surface area contributed by atoms with Crippen LogP contribution in [-0.4, -0.2) is 23.7 Å². The minimum atomic E-state index is 0.381. The Kier molecular flexibility index (Phi) is 3.12. The van der Waals surface area contributed by atoms with Gasteiger partial charge < -0.3 is 10.1 Å². The first kappa shape index (κ1) is 11.2. The molecule has 17 heavy (non-hydrogen) atoms. The van der Waals surface area contributed by atoms with Gasteiger partial charge in [0.05, 0.1) is 6.10 Å². The fourth-order valence-corrected chi connectivity index (χ4v) is 2.75. The Labute approximate surface area is 103 Å². The molecule has 0 amide bonds. The molecule has 3 rings (SSSR count). The van der Waals surface area contributed by atoms with Crippen molar-refractivity contribution in [3.63, 3.8) is 0 Å². The van der Waals surface area contributed by atoms with Crippen LogP contribution >= 0.6 is 0 Å². The molecule has 2 fully saturated rings. The van der Waals surface area contributed by atoms with Crippen molar-refractivity contribution in [2.24, 2.45) is 5.92 Å². The first-order valence-electron chi connectivity index (χ1n) is 6.62. The van der Waals surface area contributed by atoms with E-state index in [9.17, 15) is 0 Å². The fourth-order valence-electron chi connectivity index (χ4n) is 2.75. The maximum Gasteiger partial charge on any atom is 0.0757 e. The van der Waals surface area contributed by atoms with Crippen molar-refractivity contribution >= 4 is 0 Å². The number of ether oxygens (including phenoxy) is 1. The minimum Gasteiger partial charge on any atom is -0.376 e. The summed E-state index contributed by atoms with van der Waals surface area (Å²) < 4.78 is 5.85. The predicted octanol–water partition coefficient (Wildman–Crippen LogP) is 2.30. The maximum absolute atomic E-state index is 5.85. The smallest absolute Gasteiger partial charge is 0.0757 e. The van der Waals surface area contributed by atoms with Crippen LogP contribution in [0.3, 0.4) is 0 Å². The van der Waals surface area contributed by atoms with Crippen LogP contribution < -0.4 is 5.32 Å². The summed E-state index contributed by atoms with van der Waals surface area (Å²) in [5.74, 6) is 0.819. The van der Waals surface area contributed by atoms with E-state index in [1.165, 1.54) is 18.4 Å². The molecule has 1 saturated heterocycles. The van der Waals surface area contributed by atoms with Crippen molar-refractivity contribution in [1.82, 2.24) is 10.3 Å². The van der Waals surface area contributed by atoms with E-state index in [1.54, 1.807) is 0 Å². The Hall–Kier alpha value is -0.930. The first-order chi connectivity index (χ1) is 8.34. The molecule has 1 aromatic rings. The number of nitrogens with zero attached hydrogens (tertiary/aromatic N) is 1. The monoisotopic (exact) mass is 232 g/mol. The molecule has 0 spiro atoms. The van der Waals surface area contributed by atoms with Crippen LogP contribution in [0.25, 0.3) is 0 Å². The summed E-state index contributed by atoms with van der Waals surface area (Å²) in [6.45, 7) is 3.14. The highest BCUT2D eigenvalue weighted by Crippen LogP contribution is 2.39. The lowest BCUT2D eigenvalue weighted by atomic mass is 10.0. The van der Waals surface area contributed by atoms with E-state index < -0.39 is 0 Å². The third-order valence-electron chi connectivity index (χ3n) is 3.89. The third kappa shape index (κ3) is 2.50. The zero-order chi connectivity index (χ0) is 11.7. The SMILES string of the molecule is CC(NC1CCOC1C1CC1)c1ccncc1. The van der Waals surface area contributed by atoms with Crippen molar-refractivity contribution in [3.8, 4) is 0 Å². The molecule has 3 nitrogen and oxygen atoms in total. The molecule has 0 bridgehead atoms. The second-order valence-corrected chi connectivity index (χ2v) is 5.24. The van der Waals surface area contributed by atoms with Crippen molar-refractivity contribution in [2.45, 2.75) is 44.4 Å². The van der Waals surface area contributed by atoms with E-state index in [2.05, 4.69) is 29.4 Å². The van der Waals surface area contributed by atoms with Gasteiger partial charge in [-0.25, -0.2) is 0 Å². The number of rotatable bonds is 4. The molecule has 2 aliphatic rings. The van der Waals surface area contributed by atoms with Gasteiger partial charge in [0.2, 0.25) is 0 Å². The summed E-state index contributed by atoms with van der Waals surface area (Å²) in [4.78, 5) is 4.06. The van der Waals surface area contributed by atoms with Gasteiger partial charge in [-0.15, -0.1) is 0 Å². The quantitative estimate of drug-likeness (QED) is 0.865. The van der Waals surface area contributed by atoms with Crippen LogP contribution in [0, 0.1) is 5.92 Å². The molecule has 3 unspecified atom stereocenters. The molecule has 92 valence electrons. The normalized spacial score (nSPS) is 30.4. The van der Waals surface area contributed by atoms with Gasteiger partial charge in [0.15, 0.2) is 0 Å². The van der Waals surface area contributed by atoms with Crippen molar-refractivity contribution in [2.75, 3.05) is 6.61 Å². The summed E-state index contributed by atoms with van der Waals surface area (Å²) in [6, 6.07) is 5.08. The average molecular weight is 232 g/mol. The number of nitrogens with one attached hydrogen (secondary N) is 1. The number of aromatic nitrogens is 1. The Morgan fingerprint density at radius 3 is 2.76 bits per heavy atom. The Morgan fingerprint density at radius 1 is 1.29 bits per heavy atom. The Balaban J connectivity index is 1.62. The van der Waals surface area contributed by atoms with E-state index in [-0.39, 0.29) is 0 Å². The zero-order valence-corrected chi connectivity index (χ0v) is 10.3. The summed E-state index contributed by atoms with van der Waals surface area (Å²) >= 11 is 0. The van der Waals surface area contributed by atoms with Gasteiger partial charge in [-0.05, 0) is 49.8 Å². The van der Waals surface area contributed by atoms with Crippen LogP contribution in [0.1, 0.15) is 37.8 Å². The van der Waals surface area contributed by atoms with E-state index in [0.717, 1.165) is 18.9 Å². The molecule has 1 aliphatic carbocycles. The molecule has 1 saturated carbocycles. The molecule has 3 heteroatoms. The lowest BCUT2D eigenvalue weighted by molar-refractivity contribution is 0.0793. The van der Waals surface area contributed by atoms with E-state index in [4.69, 9.17) is 4.74 Å². The van der Waals surface area contributed by atoms with Crippen LogP contribution in [-0.2, 0) is 4.74 Å². The molecule has 2 heterocycles. The molecule has 1 N–H and O–H groups in total. The molecule has 0 radical (unpaired) electrons. The molecular weight excluding hydrogens is 212 g/mol. The molecule has 3 atom stereocenters. The van der Waals surface area contributed by atoms with E-state index >= 15 is 0 Å². The summed E-state index contributed by atoms with van der Waals surface area (Å²) in [5.41, 5.74) is 1.31. The summed E-state index contributed by atoms with van der Waals surface area (Å²) in [6.07, 6.45) is 8.03. The summed E-state index contributed by atoms with van der Waals surface area (Å²) in [7, 11) is 0. The van der Waals surface area contributed by atoms with Gasteiger partial charge in [-0.2, -0.15) is 0 Å². The van der Waals surface area contributed by atoms with E-state index in [1.807, 2.05) is 12.4 Å².